The Hall–Kier alpha value is -2.15. The van der Waals surface area contributed by atoms with Crippen LogP contribution in [0.4, 0.5) is 5.95 Å². The van der Waals surface area contributed by atoms with Gasteiger partial charge in [-0.15, -0.1) is 10.2 Å². The number of nitrogens with one attached hydrogen (secondary N) is 1. The largest absolute Gasteiger partial charge is 0.455 e. The van der Waals surface area contributed by atoms with Crippen LogP contribution in [-0.4, -0.2) is 57.3 Å². The highest BCUT2D eigenvalue weighted by molar-refractivity contribution is 5.89. The molecule has 2 aromatic rings. The van der Waals surface area contributed by atoms with Gasteiger partial charge >= 0.3 is 0 Å². The van der Waals surface area contributed by atoms with Gasteiger partial charge in [0.25, 0.3) is 6.02 Å². The van der Waals surface area contributed by atoms with Gasteiger partial charge in [0.15, 0.2) is 5.65 Å². The third-order valence-corrected chi connectivity index (χ3v) is 5.15. The van der Waals surface area contributed by atoms with E-state index in [1.54, 1.807) is 0 Å². The van der Waals surface area contributed by atoms with Crippen molar-refractivity contribution in [2.45, 2.75) is 18.4 Å². The maximum atomic E-state index is 6.26. The summed E-state index contributed by atoms with van der Waals surface area (Å²) in [7, 11) is 0. The summed E-state index contributed by atoms with van der Waals surface area (Å²) >= 11 is 0. The number of aromatic nitrogens is 3. The van der Waals surface area contributed by atoms with Crippen LogP contribution in [0.2, 0.25) is 0 Å². The van der Waals surface area contributed by atoms with Crippen molar-refractivity contribution in [1.29, 1.82) is 0 Å². The zero-order chi connectivity index (χ0) is 14.6. The SMILES string of the molecule is c1ccn2c(NC3=NC[C@@]4(CN5CCC4CC5)O3)nnc2c1. The van der Waals surface area contributed by atoms with Gasteiger partial charge in [0.05, 0.1) is 6.54 Å². The summed E-state index contributed by atoms with van der Waals surface area (Å²) in [6.07, 6.45) is 4.37. The quantitative estimate of drug-likeness (QED) is 0.850. The van der Waals surface area contributed by atoms with E-state index in [2.05, 4.69) is 25.4 Å². The van der Waals surface area contributed by atoms with E-state index in [1.807, 2.05) is 28.8 Å². The molecule has 0 saturated carbocycles. The van der Waals surface area contributed by atoms with E-state index in [0.29, 0.717) is 17.9 Å². The van der Waals surface area contributed by atoms with E-state index < -0.39 is 0 Å². The minimum atomic E-state index is -0.126. The molecule has 3 saturated heterocycles. The Morgan fingerprint density at radius 3 is 2.95 bits per heavy atom. The lowest BCUT2D eigenvalue weighted by Gasteiger charge is -2.50. The van der Waals surface area contributed by atoms with Crippen LogP contribution in [0.3, 0.4) is 0 Å². The maximum absolute atomic E-state index is 6.26. The van der Waals surface area contributed by atoms with Crippen LogP contribution < -0.4 is 5.32 Å². The van der Waals surface area contributed by atoms with Crippen LogP contribution in [0.25, 0.3) is 5.65 Å². The Bertz CT molecular complexity index is 747. The first kappa shape index (κ1) is 12.4. The second-order valence-corrected chi connectivity index (χ2v) is 6.42. The molecule has 4 aliphatic heterocycles. The van der Waals surface area contributed by atoms with E-state index in [-0.39, 0.29) is 5.60 Å². The lowest BCUT2D eigenvalue weighted by Crippen LogP contribution is -2.61. The van der Waals surface area contributed by atoms with Crippen molar-refractivity contribution in [2.24, 2.45) is 10.9 Å². The van der Waals surface area contributed by atoms with Crippen LogP contribution in [0, 0.1) is 5.92 Å². The molecular weight excluding hydrogens is 280 g/mol. The first-order valence-corrected chi connectivity index (χ1v) is 7.85. The summed E-state index contributed by atoms with van der Waals surface area (Å²) in [4.78, 5) is 7.08. The van der Waals surface area contributed by atoms with Crippen LogP contribution >= 0.6 is 0 Å². The molecule has 0 radical (unpaired) electrons. The smallest absolute Gasteiger partial charge is 0.292 e. The summed E-state index contributed by atoms with van der Waals surface area (Å²) in [6, 6.07) is 6.39. The molecule has 114 valence electrons. The van der Waals surface area contributed by atoms with Crippen molar-refractivity contribution in [1.82, 2.24) is 19.5 Å². The fraction of sp³-hybridized carbons (Fsp3) is 0.533. The number of aliphatic imine (C=N–C) groups is 1. The highest BCUT2D eigenvalue weighted by atomic mass is 16.5. The van der Waals surface area contributed by atoms with E-state index in [9.17, 15) is 0 Å². The fourth-order valence-corrected chi connectivity index (χ4v) is 3.97. The number of nitrogens with zero attached hydrogens (tertiary/aromatic N) is 5. The van der Waals surface area contributed by atoms with Gasteiger partial charge in [-0.1, -0.05) is 6.07 Å². The normalized spacial score (nSPS) is 33.2. The minimum absolute atomic E-state index is 0.126. The molecule has 7 heteroatoms. The summed E-state index contributed by atoms with van der Waals surface area (Å²) in [5, 5.41) is 11.5. The first-order chi connectivity index (χ1) is 10.8. The molecule has 1 spiro atoms. The van der Waals surface area contributed by atoms with E-state index in [0.717, 1.165) is 18.7 Å². The highest BCUT2D eigenvalue weighted by Crippen LogP contribution is 2.40. The molecule has 0 aliphatic carbocycles. The van der Waals surface area contributed by atoms with Crippen LogP contribution in [0.15, 0.2) is 29.4 Å². The van der Waals surface area contributed by atoms with E-state index >= 15 is 0 Å². The molecule has 0 unspecified atom stereocenters. The number of hydrogen-bond acceptors (Lipinski definition) is 6. The van der Waals surface area contributed by atoms with Gasteiger partial charge in [-0.2, -0.15) is 0 Å². The van der Waals surface area contributed by atoms with Gasteiger partial charge in [-0.3, -0.25) is 14.6 Å². The molecule has 1 N–H and O–H groups in total. The Balaban J connectivity index is 1.37. The Morgan fingerprint density at radius 2 is 2.14 bits per heavy atom. The monoisotopic (exact) mass is 298 g/mol. The number of hydrogen-bond donors (Lipinski definition) is 1. The maximum Gasteiger partial charge on any atom is 0.292 e. The standard InChI is InChI=1S/C15H18N6O/c1-2-6-21-12(3-1)18-19-13(21)17-14-16-9-15(22-14)10-20-7-4-11(15)5-8-20/h1-3,6,11H,4-5,7-10H2,(H,16,17,19)/t15-/m0/s1. The molecule has 22 heavy (non-hydrogen) atoms. The van der Waals surface area contributed by atoms with Gasteiger partial charge in [0, 0.05) is 18.7 Å². The van der Waals surface area contributed by atoms with Gasteiger partial charge < -0.3 is 4.74 Å². The third-order valence-electron chi connectivity index (χ3n) is 5.15. The average molecular weight is 298 g/mol. The number of pyridine rings is 1. The molecule has 6 heterocycles. The van der Waals surface area contributed by atoms with E-state index in [4.69, 9.17) is 4.74 Å². The number of anilines is 1. The molecule has 1 atom stereocenters. The van der Waals surface area contributed by atoms with Crippen LogP contribution in [-0.2, 0) is 4.74 Å². The van der Waals surface area contributed by atoms with Crippen molar-refractivity contribution in [2.75, 3.05) is 31.5 Å². The van der Waals surface area contributed by atoms with Gasteiger partial charge in [-0.05, 0) is 38.1 Å². The molecule has 0 aromatic carbocycles. The Kier molecular flexibility index (Phi) is 2.49. The topological polar surface area (TPSA) is 67.0 Å². The minimum Gasteiger partial charge on any atom is -0.455 e. The summed E-state index contributed by atoms with van der Waals surface area (Å²) in [5.74, 6) is 1.27. The predicted molar refractivity (Wildman–Crippen MR) is 81.9 cm³/mol. The molecule has 3 fully saturated rings. The van der Waals surface area contributed by atoms with Crippen molar-refractivity contribution in [3.63, 3.8) is 0 Å². The van der Waals surface area contributed by atoms with E-state index in [1.165, 1.54) is 25.9 Å². The molecule has 4 aliphatic rings. The Labute approximate surface area is 128 Å². The molecule has 7 nitrogen and oxygen atoms in total. The van der Waals surface area contributed by atoms with Gasteiger partial charge in [-0.25, -0.2) is 4.99 Å². The predicted octanol–water partition coefficient (Wildman–Crippen LogP) is 0.992. The highest BCUT2D eigenvalue weighted by Gasteiger charge is 2.51. The van der Waals surface area contributed by atoms with Crippen molar-refractivity contribution >= 4 is 17.6 Å². The molecule has 2 aromatic heterocycles. The number of fused-ring (bicyclic) bond motifs is 3. The van der Waals surface area contributed by atoms with Crippen LogP contribution in [0.5, 0.6) is 0 Å². The molecule has 6 rings (SSSR count). The summed E-state index contributed by atoms with van der Waals surface area (Å²) < 4.78 is 8.16. The molecule has 2 bridgehead atoms. The number of rotatable bonds is 1. The zero-order valence-corrected chi connectivity index (χ0v) is 12.3. The van der Waals surface area contributed by atoms with Gasteiger partial charge in [0.2, 0.25) is 5.95 Å². The van der Waals surface area contributed by atoms with Gasteiger partial charge in [0.1, 0.15) is 5.60 Å². The number of ether oxygens (including phenoxy) is 1. The van der Waals surface area contributed by atoms with Crippen molar-refractivity contribution < 1.29 is 4.74 Å². The summed E-state index contributed by atoms with van der Waals surface area (Å²) in [5.41, 5.74) is 0.681. The number of amidine groups is 1. The van der Waals surface area contributed by atoms with Crippen LogP contribution in [0.1, 0.15) is 12.8 Å². The van der Waals surface area contributed by atoms with Crippen molar-refractivity contribution in [3.05, 3.63) is 24.4 Å². The third kappa shape index (κ3) is 1.75. The first-order valence-electron chi connectivity index (χ1n) is 7.85. The lowest BCUT2D eigenvalue weighted by atomic mass is 9.75. The fourth-order valence-electron chi connectivity index (χ4n) is 3.97. The second-order valence-electron chi connectivity index (χ2n) is 6.42. The Morgan fingerprint density at radius 1 is 1.23 bits per heavy atom. The lowest BCUT2D eigenvalue weighted by molar-refractivity contribution is -0.0829. The average Bonchev–Trinajstić information content (AvgIpc) is 3.14. The summed E-state index contributed by atoms with van der Waals surface area (Å²) in [6.45, 7) is 4.14. The number of piperidine rings is 3. The zero-order valence-electron chi connectivity index (χ0n) is 12.3. The van der Waals surface area contributed by atoms with Crippen molar-refractivity contribution in [3.8, 4) is 0 Å². The molecule has 0 amide bonds. The second kappa shape index (κ2) is 4.42. The molecular formula is C15H18N6O.